The van der Waals surface area contributed by atoms with Crippen molar-refractivity contribution in [1.82, 2.24) is 10.2 Å². The molecule has 0 radical (unpaired) electrons. The normalized spacial score (nSPS) is 20.5. The molecule has 0 bridgehead atoms. The molecule has 1 atom stereocenters. The number of nitrogens with one attached hydrogen (secondary N) is 1. The van der Waals surface area contributed by atoms with Crippen molar-refractivity contribution in [3.8, 4) is 12.3 Å². The first-order valence-corrected chi connectivity index (χ1v) is 4.46. The number of nitrogens with zero attached hydrogens (tertiary/aromatic N) is 1. The van der Waals surface area contributed by atoms with Crippen LogP contribution in [-0.2, 0) is 9.53 Å². The second kappa shape index (κ2) is 5.22. The monoisotopic (exact) mass is 212 g/mol. The van der Waals surface area contributed by atoms with Crippen LogP contribution in [0.4, 0.5) is 4.79 Å². The molecule has 0 saturated carbocycles. The van der Waals surface area contributed by atoms with Crippen molar-refractivity contribution in [3.05, 3.63) is 0 Å². The zero-order valence-corrected chi connectivity index (χ0v) is 8.10. The lowest BCUT2D eigenvalue weighted by molar-refractivity contribution is -0.154. The first-order valence-electron chi connectivity index (χ1n) is 4.46. The van der Waals surface area contributed by atoms with Crippen molar-refractivity contribution in [2.45, 2.75) is 6.10 Å². The summed E-state index contributed by atoms with van der Waals surface area (Å²) in [5, 5.41) is 11.2. The molecule has 0 aromatic heterocycles. The van der Waals surface area contributed by atoms with E-state index in [-0.39, 0.29) is 25.7 Å². The van der Waals surface area contributed by atoms with Crippen LogP contribution in [0.15, 0.2) is 0 Å². The number of ether oxygens (including phenoxy) is 1. The SMILES string of the molecule is C#CCNC(=O)N1CCOC(C(=O)O)C1. The summed E-state index contributed by atoms with van der Waals surface area (Å²) in [4.78, 5) is 23.4. The third-order valence-corrected chi connectivity index (χ3v) is 1.97. The van der Waals surface area contributed by atoms with Crippen LogP contribution in [0.1, 0.15) is 0 Å². The van der Waals surface area contributed by atoms with Gasteiger partial charge >= 0.3 is 12.0 Å². The molecule has 15 heavy (non-hydrogen) atoms. The summed E-state index contributed by atoms with van der Waals surface area (Å²) in [7, 11) is 0. The van der Waals surface area contributed by atoms with Crippen LogP contribution < -0.4 is 5.32 Å². The molecule has 82 valence electrons. The lowest BCUT2D eigenvalue weighted by atomic mass is 10.3. The molecule has 1 heterocycles. The van der Waals surface area contributed by atoms with Crippen LogP contribution in [0.25, 0.3) is 0 Å². The van der Waals surface area contributed by atoms with E-state index in [1.54, 1.807) is 0 Å². The van der Waals surface area contributed by atoms with Gasteiger partial charge in [0.2, 0.25) is 0 Å². The van der Waals surface area contributed by atoms with E-state index in [1.165, 1.54) is 4.90 Å². The minimum absolute atomic E-state index is 0.0474. The quantitative estimate of drug-likeness (QED) is 0.582. The number of hydrogen-bond acceptors (Lipinski definition) is 3. The maximum absolute atomic E-state index is 11.4. The zero-order chi connectivity index (χ0) is 11.3. The Bertz CT molecular complexity index is 297. The van der Waals surface area contributed by atoms with Crippen LogP contribution in [0, 0.1) is 12.3 Å². The van der Waals surface area contributed by atoms with Gasteiger partial charge in [-0.25, -0.2) is 9.59 Å². The molecule has 1 aliphatic heterocycles. The highest BCUT2D eigenvalue weighted by Gasteiger charge is 2.28. The fourth-order valence-electron chi connectivity index (χ4n) is 1.22. The third-order valence-electron chi connectivity index (χ3n) is 1.97. The number of urea groups is 1. The van der Waals surface area contributed by atoms with Crippen molar-refractivity contribution in [1.29, 1.82) is 0 Å². The first-order chi connectivity index (χ1) is 7.15. The average Bonchev–Trinajstić information content (AvgIpc) is 2.26. The molecule has 6 heteroatoms. The topological polar surface area (TPSA) is 78.9 Å². The van der Waals surface area contributed by atoms with Gasteiger partial charge in [-0.05, 0) is 0 Å². The van der Waals surface area contributed by atoms with E-state index >= 15 is 0 Å². The number of morpholine rings is 1. The maximum Gasteiger partial charge on any atom is 0.334 e. The molecule has 0 spiro atoms. The van der Waals surface area contributed by atoms with E-state index in [4.69, 9.17) is 16.3 Å². The highest BCUT2D eigenvalue weighted by molar-refractivity contribution is 5.77. The minimum atomic E-state index is -1.07. The number of aliphatic carboxylic acids is 1. The standard InChI is InChI=1S/C9H12N2O4/c1-2-3-10-9(14)11-4-5-15-7(6-11)8(12)13/h1,7H,3-6H2,(H,10,14)(H,12,13). The molecule has 0 aromatic rings. The number of amides is 2. The first kappa shape index (κ1) is 11.3. The van der Waals surface area contributed by atoms with E-state index in [9.17, 15) is 9.59 Å². The second-order valence-electron chi connectivity index (χ2n) is 3.01. The average molecular weight is 212 g/mol. The second-order valence-corrected chi connectivity index (χ2v) is 3.01. The van der Waals surface area contributed by atoms with E-state index in [0.29, 0.717) is 6.54 Å². The van der Waals surface area contributed by atoms with E-state index < -0.39 is 12.1 Å². The Kier molecular flexibility index (Phi) is 3.94. The lowest BCUT2D eigenvalue weighted by Crippen LogP contribution is -2.51. The van der Waals surface area contributed by atoms with Crippen molar-refractivity contribution >= 4 is 12.0 Å². The Labute approximate surface area is 87.2 Å². The summed E-state index contributed by atoms with van der Waals surface area (Å²) in [5.41, 5.74) is 0. The smallest absolute Gasteiger partial charge is 0.334 e. The Morgan fingerprint density at radius 1 is 1.67 bits per heavy atom. The van der Waals surface area contributed by atoms with E-state index in [1.807, 2.05) is 0 Å². The molecular formula is C9H12N2O4. The highest BCUT2D eigenvalue weighted by Crippen LogP contribution is 2.05. The zero-order valence-electron chi connectivity index (χ0n) is 8.10. The molecule has 0 aliphatic carbocycles. The predicted octanol–water partition coefficient (Wildman–Crippen LogP) is -0.885. The van der Waals surface area contributed by atoms with Crippen molar-refractivity contribution in [3.63, 3.8) is 0 Å². The molecular weight excluding hydrogens is 200 g/mol. The van der Waals surface area contributed by atoms with Crippen LogP contribution in [-0.4, -0.2) is 54.4 Å². The number of carbonyl (C=O) groups excluding carboxylic acids is 1. The van der Waals surface area contributed by atoms with Gasteiger partial charge in [-0.15, -0.1) is 6.42 Å². The number of carbonyl (C=O) groups is 2. The summed E-state index contributed by atoms with van der Waals surface area (Å²) in [6.45, 7) is 0.778. The van der Waals surface area contributed by atoms with Gasteiger partial charge in [-0.2, -0.15) is 0 Å². The van der Waals surface area contributed by atoms with Crippen LogP contribution >= 0.6 is 0 Å². The Morgan fingerprint density at radius 2 is 2.40 bits per heavy atom. The van der Waals surface area contributed by atoms with Gasteiger partial charge in [0, 0.05) is 6.54 Å². The van der Waals surface area contributed by atoms with Gasteiger partial charge in [-0.1, -0.05) is 5.92 Å². The van der Waals surface area contributed by atoms with E-state index in [2.05, 4.69) is 11.2 Å². The molecule has 1 unspecified atom stereocenters. The van der Waals surface area contributed by atoms with Crippen LogP contribution in [0.2, 0.25) is 0 Å². The Morgan fingerprint density at radius 3 is 3.00 bits per heavy atom. The number of rotatable bonds is 2. The molecule has 2 N–H and O–H groups in total. The fraction of sp³-hybridized carbons (Fsp3) is 0.556. The molecule has 1 saturated heterocycles. The number of hydrogen-bond donors (Lipinski definition) is 2. The Balaban J connectivity index is 2.45. The predicted molar refractivity (Wildman–Crippen MR) is 51.2 cm³/mol. The van der Waals surface area contributed by atoms with Crippen molar-refractivity contribution in [2.75, 3.05) is 26.2 Å². The molecule has 2 amide bonds. The van der Waals surface area contributed by atoms with Gasteiger partial charge in [0.25, 0.3) is 0 Å². The largest absolute Gasteiger partial charge is 0.479 e. The van der Waals surface area contributed by atoms with Crippen molar-refractivity contribution < 1.29 is 19.4 Å². The number of carboxylic acid groups (broad SMARTS) is 1. The van der Waals surface area contributed by atoms with Gasteiger partial charge in [-0.3, -0.25) is 0 Å². The summed E-state index contributed by atoms with van der Waals surface area (Å²) < 4.78 is 4.96. The third kappa shape index (κ3) is 3.14. The van der Waals surface area contributed by atoms with Crippen LogP contribution in [0.5, 0.6) is 0 Å². The number of terminal acetylenes is 1. The van der Waals surface area contributed by atoms with Crippen molar-refractivity contribution in [2.24, 2.45) is 0 Å². The maximum atomic E-state index is 11.4. The summed E-state index contributed by atoms with van der Waals surface area (Å²) in [6, 6.07) is -0.359. The highest BCUT2D eigenvalue weighted by atomic mass is 16.5. The summed E-state index contributed by atoms with van der Waals surface area (Å²) in [6.07, 6.45) is 4.03. The summed E-state index contributed by atoms with van der Waals surface area (Å²) >= 11 is 0. The van der Waals surface area contributed by atoms with Crippen LogP contribution in [0.3, 0.4) is 0 Å². The van der Waals surface area contributed by atoms with Gasteiger partial charge in [0.15, 0.2) is 6.10 Å². The van der Waals surface area contributed by atoms with Gasteiger partial charge in [0.1, 0.15) is 0 Å². The summed E-state index contributed by atoms with van der Waals surface area (Å²) in [5.74, 6) is 1.20. The van der Waals surface area contributed by atoms with E-state index in [0.717, 1.165) is 0 Å². The fourth-order valence-corrected chi connectivity index (χ4v) is 1.22. The molecule has 1 aliphatic rings. The van der Waals surface area contributed by atoms with Gasteiger partial charge in [0.05, 0.1) is 19.7 Å². The molecule has 1 fully saturated rings. The molecule has 1 rings (SSSR count). The molecule has 6 nitrogen and oxygen atoms in total. The van der Waals surface area contributed by atoms with Gasteiger partial charge < -0.3 is 20.1 Å². The Hall–Kier alpha value is -1.74. The number of carboxylic acids is 1. The minimum Gasteiger partial charge on any atom is -0.479 e. The lowest BCUT2D eigenvalue weighted by Gasteiger charge is -2.30. The molecule has 0 aromatic carbocycles.